The van der Waals surface area contributed by atoms with Crippen molar-refractivity contribution in [3.8, 4) is 21.9 Å². The fraction of sp³-hybridized carbons (Fsp3) is 0.200. The number of carbonyl (C=O) groups is 1. The quantitative estimate of drug-likeness (QED) is 0.309. The Labute approximate surface area is 216 Å². The lowest BCUT2D eigenvalue weighted by atomic mass is 9.95. The molecule has 7 rings (SSSR count). The number of rotatable bonds is 5. The highest BCUT2D eigenvalue weighted by Gasteiger charge is 2.33. The second-order valence-corrected chi connectivity index (χ2v) is 10.6. The fourth-order valence-corrected chi connectivity index (χ4v) is 6.78. The molecule has 184 valence electrons. The summed E-state index contributed by atoms with van der Waals surface area (Å²) in [5, 5.41) is 12.6. The minimum atomic E-state index is -1.12. The number of benzene rings is 3. The molecule has 3 aromatic carbocycles. The summed E-state index contributed by atoms with van der Waals surface area (Å²) in [4.78, 5) is 27.3. The fourth-order valence-electron chi connectivity index (χ4n) is 5.39. The van der Waals surface area contributed by atoms with Crippen molar-refractivity contribution in [2.45, 2.75) is 25.2 Å². The molecular formula is C30H23NO5S. The second kappa shape index (κ2) is 8.49. The lowest BCUT2D eigenvalue weighted by molar-refractivity contribution is 0.0690. The number of hydrogen-bond donors (Lipinski definition) is 1. The number of aromatic carboxylic acids is 1. The van der Waals surface area contributed by atoms with Gasteiger partial charge >= 0.3 is 5.97 Å². The molecule has 2 aliphatic rings. The number of thiazole rings is 1. The van der Waals surface area contributed by atoms with Crippen LogP contribution < -0.4 is 15.0 Å². The summed E-state index contributed by atoms with van der Waals surface area (Å²) in [6.45, 7) is 0.923. The largest absolute Gasteiger partial charge is 0.486 e. The minimum Gasteiger partial charge on any atom is -0.486 e. The van der Waals surface area contributed by atoms with Crippen LogP contribution in [0.5, 0.6) is 11.5 Å². The molecule has 1 fully saturated rings. The lowest BCUT2D eigenvalue weighted by Gasteiger charge is -2.18. The molecule has 1 N–H and O–H groups in total. The summed E-state index contributed by atoms with van der Waals surface area (Å²) < 4.78 is 12.8. The molecule has 6 nitrogen and oxygen atoms in total. The third kappa shape index (κ3) is 3.69. The van der Waals surface area contributed by atoms with Crippen LogP contribution in [-0.4, -0.2) is 28.7 Å². The van der Waals surface area contributed by atoms with Crippen molar-refractivity contribution in [1.29, 1.82) is 0 Å². The molecule has 0 unspecified atom stereocenters. The SMILES string of the molecule is O=C(O)c1c(-c2ccc3c(c2)OCCO3)sc2c(C3CC3)c(Cc3cccc4ccccc34)cc(=O)n12. The van der Waals surface area contributed by atoms with Gasteiger partial charge in [-0.05, 0) is 76.4 Å². The normalized spacial score (nSPS) is 14.8. The zero-order chi connectivity index (χ0) is 25.1. The van der Waals surface area contributed by atoms with E-state index in [9.17, 15) is 14.7 Å². The summed E-state index contributed by atoms with van der Waals surface area (Å²) in [6, 6.07) is 21.6. The van der Waals surface area contributed by atoms with Crippen molar-refractivity contribution in [3.63, 3.8) is 0 Å². The molecule has 0 saturated heterocycles. The van der Waals surface area contributed by atoms with E-state index in [1.165, 1.54) is 21.1 Å². The standard InChI is InChI=1S/C30H23NO5S/c32-25-16-21(14-19-6-3-5-17-4-1-2-7-22(17)19)26(18-8-9-18)29-31(25)27(30(33)34)28(37-29)20-10-11-23-24(15-20)36-13-12-35-23/h1-7,10-11,15-16,18H,8-9,12-14H2,(H,33,34). The van der Waals surface area contributed by atoms with E-state index in [1.54, 1.807) is 12.1 Å². The zero-order valence-corrected chi connectivity index (χ0v) is 20.7. The molecule has 5 aromatic rings. The highest BCUT2D eigenvalue weighted by Crippen LogP contribution is 2.47. The van der Waals surface area contributed by atoms with Crippen molar-refractivity contribution in [2.75, 3.05) is 13.2 Å². The number of hydrogen-bond acceptors (Lipinski definition) is 5. The van der Waals surface area contributed by atoms with Crippen molar-refractivity contribution >= 4 is 32.9 Å². The van der Waals surface area contributed by atoms with Crippen LogP contribution in [0.4, 0.5) is 0 Å². The van der Waals surface area contributed by atoms with Gasteiger partial charge in [-0.2, -0.15) is 0 Å². The number of nitrogens with zero attached hydrogens (tertiary/aromatic N) is 1. The molecule has 1 aliphatic heterocycles. The van der Waals surface area contributed by atoms with E-state index in [4.69, 9.17) is 9.47 Å². The summed E-state index contributed by atoms with van der Waals surface area (Å²) in [5.41, 5.74) is 3.63. The smallest absolute Gasteiger partial charge is 0.354 e. The van der Waals surface area contributed by atoms with Gasteiger partial charge in [-0.3, -0.25) is 9.20 Å². The van der Waals surface area contributed by atoms with Gasteiger partial charge in [0.1, 0.15) is 18.0 Å². The van der Waals surface area contributed by atoms with Crippen LogP contribution in [0.3, 0.4) is 0 Å². The summed E-state index contributed by atoms with van der Waals surface area (Å²) in [6.07, 6.45) is 2.70. The molecule has 0 bridgehead atoms. The summed E-state index contributed by atoms with van der Waals surface area (Å²) in [5.74, 6) is 0.431. The summed E-state index contributed by atoms with van der Waals surface area (Å²) in [7, 11) is 0. The van der Waals surface area contributed by atoms with Gasteiger partial charge in [0.05, 0.1) is 4.88 Å². The maximum absolute atomic E-state index is 13.5. The zero-order valence-electron chi connectivity index (χ0n) is 19.9. The molecule has 1 aliphatic carbocycles. The van der Waals surface area contributed by atoms with Crippen molar-refractivity contribution < 1.29 is 19.4 Å². The molecule has 0 spiro atoms. The molecule has 0 radical (unpaired) electrons. The number of ether oxygens (including phenoxy) is 2. The van der Waals surface area contributed by atoms with Crippen molar-refractivity contribution in [2.24, 2.45) is 0 Å². The number of carboxylic acid groups (broad SMARTS) is 1. The van der Waals surface area contributed by atoms with E-state index < -0.39 is 5.97 Å². The first kappa shape index (κ1) is 22.1. The average Bonchev–Trinajstić information content (AvgIpc) is 3.66. The number of carboxylic acids is 1. The van der Waals surface area contributed by atoms with E-state index in [0.717, 1.165) is 39.7 Å². The van der Waals surface area contributed by atoms with Crippen LogP contribution in [0, 0.1) is 0 Å². The molecule has 0 atom stereocenters. The maximum Gasteiger partial charge on any atom is 0.354 e. The molecule has 1 saturated carbocycles. The molecule has 0 amide bonds. The third-order valence-electron chi connectivity index (χ3n) is 7.19. The van der Waals surface area contributed by atoms with Gasteiger partial charge in [-0.15, -0.1) is 11.3 Å². The Hall–Kier alpha value is -4.10. The number of aromatic nitrogens is 1. The van der Waals surface area contributed by atoms with Crippen molar-refractivity contribution in [1.82, 2.24) is 4.40 Å². The highest BCUT2D eigenvalue weighted by atomic mass is 32.1. The predicted octanol–water partition coefficient (Wildman–Crippen LogP) is 6.12. The number of pyridine rings is 1. The van der Waals surface area contributed by atoms with E-state index in [2.05, 4.69) is 24.3 Å². The lowest BCUT2D eigenvalue weighted by Crippen LogP contribution is -2.19. The topological polar surface area (TPSA) is 77.2 Å². The molecule has 7 heteroatoms. The monoisotopic (exact) mass is 509 g/mol. The van der Waals surface area contributed by atoms with Gasteiger partial charge < -0.3 is 14.6 Å². The van der Waals surface area contributed by atoms with Crippen LogP contribution >= 0.6 is 11.3 Å². The minimum absolute atomic E-state index is 0.000267. The van der Waals surface area contributed by atoms with E-state index >= 15 is 0 Å². The maximum atomic E-state index is 13.5. The van der Waals surface area contributed by atoms with Gasteiger partial charge in [-0.25, -0.2) is 4.79 Å². The Bertz CT molecular complexity index is 1770. The van der Waals surface area contributed by atoms with E-state index in [1.807, 2.05) is 30.3 Å². The van der Waals surface area contributed by atoms with E-state index in [0.29, 0.717) is 47.5 Å². The Balaban J connectivity index is 1.44. The molecule has 2 aromatic heterocycles. The van der Waals surface area contributed by atoms with Gasteiger partial charge in [0.15, 0.2) is 17.2 Å². The Morgan fingerprint density at radius 1 is 0.946 bits per heavy atom. The molecular weight excluding hydrogens is 486 g/mol. The molecule has 37 heavy (non-hydrogen) atoms. The van der Waals surface area contributed by atoms with Gasteiger partial charge in [0.2, 0.25) is 0 Å². The van der Waals surface area contributed by atoms with E-state index in [-0.39, 0.29) is 11.3 Å². The number of fused-ring (bicyclic) bond motifs is 3. The van der Waals surface area contributed by atoms with Crippen molar-refractivity contribution in [3.05, 3.63) is 99.5 Å². The average molecular weight is 510 g/mol. The second-order valence-electron chi connectivity index (χ2n) is 9.59. The Morgan fingerprint density at radius 3 is 2.54 bits per heavy atom. The van der Waals surface area contributed by atoms with Gasteiger partial charge in [-0.1, -0.05) is 42.5 Å². The summed E-state index contributed by atoms with van der Waals surface area (Å²) >= 11 is 1.38. The predicted molar refractivity (Wildman–Crippen MR) is 144 cm³/mol. The first-order valence-corrected chi connectivity index (χ1v) is 13.2. The first-order chi connectivity index (χ1) is 18.1. The van der Waals surface area contributed by atoms with Crippen LogP contribution in [0.25, 0.3) is 26.0 Å². The first-order valence-electron chi connectivity index (χ1n) is 12.4. The van der Waals surface area contributed by atoms with Crippen LogP contribution in [0.15, 0.2) is 71.5 Å². The molecule has 3 heterocycles. The van der Waals surface area contributed by atoms with Crippen LogP contribution in [0.1, 0.15) is 45.9 Å². The van der Waals surface area contributed by atoms with Crippen LogP contribution in [0.2, 0.25) is 0 Å². The highest BCUT2D eigenvalue weighted by molar-refractivity contribution is 7.21. The Kier molecular flexibility index (Phi) is 5.08. The Morgan fingerprint density at radius 2 is 1.73 bits per heavy atom. The third-order valence-corrected chi connectivity index (χ3v) is 8.42. The van der Waals surface area contributed by atoms with Crippen LogP contribution in [-0.2, 0) is 6.42 Å². The van der Waals surface area contributed by atoms with Gasteiger partial charge in [0, 0.05) is 6.07 Å². The van der Waals surface area contributed by atoms with Gasteiger partial charge in [0.25, 0.3) is 5.56 Å².